The van der Waals surface area contributed by atoms with Gasteiger partial charge in [-0.05, 0) is 49.0 Å². The Kier molecular flexibility index (Phi) is 7.80. The van der Waals surface area contributed by atoms with Gasteiger partial charge in [0.25, 0.3) is 0 Å². The lowest BCUT2D eigenvalue weighted by molar-refractivity contribution is -0.115. The highest BCUT2D eigenvalue weighted by Crippen LogP contribution is 2.35. The molecule has 0 saturated heterocycles. The van der Waals surface area contributed by atoms with Crippen LogP contribution in [0.15, 0.2) is 53.0 Å². The molecule has 1 amide bonds. The van der Waals surface area contributed by atoms with Gasteiger partial charge in [-0.15, -0.1) is 0 Å². The molecule has 166 valence electrons. The number of hydrogen-bond donors (Lipinski definition) is 2. The fourth-order valence-corrected chi connectivity index (χ4v) is 3.39. The molecule has 32 heavy (non-hydrogen) atoms. The van der Waals surface area contributed by atoms with E-state index in [1.54, 1.807) is 24.3 Å². The highest BCUT2D eigenvalue weighted by molar-refractivity contribution is 7.80. The van der Waals surface area contributed by atoms with Crippen LogP contribution in [0, 0.1) is 6.92 Å². The Bertz CT molecular complexity index is 1190. The second kappa shape index (κ2) is 10.5. The van der Waals surface area contributed by atoms with E-state index in [1.165, 1.54) is 20.3 Å². The first-order chi connectivity index (χ1) is 15.3. The number of halogens is 2. The molecular weight excluding hydrogens is 471 g/mol. The minimum Gasteiger partial charge on any atom is -0.495 e. The van der Waals surface area contributed by atoms with Gasteiger partial charge in [0, 0.05) is 28.8 Å². The number of carbonyl (C=O) groups excluding carboxylic acids is 1. The third kappa shape index (κ3) is 5.82. The monoisotopic (exact) mass is 490 g/mol. The molecule has 0 spiro atoms. The maximum atomic E-state index is 12.2. The fourth-order valence-electron chi connectivity index (χ4n) is 2.77. The molecule has 0 bridgehead atoms. The van der Waals surface area contributed by atoms with Crippen molar-refractivity contribution in [3.05, 3.63) is 69.9 Å². The summed E-state index contributed by atoms with van der Waals surface area (Å²) in [4.78, 5) is 12.2. The summed E-state index contributed by atoms with van der Waals surface area (Å²) < 4.78 is 16.2. The van der Waals surface area contributed by atoms with Crippen LogP contribution in [0.5, 0.6) is 11.5 Å². The van der Waals surface area contributed by atoms with Crippen LogP contribution < -0.4 is 20.1 Å². The highest BCUT2D eigenvalue weighted by Gasteiger charge is 2.12. The number of thiocarbonyl (C=S) groups is 1. The topological polar surface area (TPSA) is 72.7 Å². The van der Waals surface area contributed by atoms with Crippen LogP contribution in [0.25, 0.3) is 17.4 Å². The van der Waals surface area contributed by atoms with Gasteiger partial charge in [-0.2, -0.15) is 0 Å². The van der Waals surface area contributed by atoms with Crippen molar-refractivity contribution in [3.8, 4) is 22.8 Å². The molecular formula is C23H20Cl2N2O4S. The van der Waals surface area contributed by atoms with Crippen molar-refractivity contribution in [3.63, 3.8) is 0 Å². The molecule has 9 heteroatoms. The summed E-state index contributed by atoms with van der Waals surface area (Å²) in [6.07, 6.45) is 2.86. The lowest BCUT2D eigenvalue weighted by Crippen LogP contribution is -2.32. The molecule has 0 unspecified atom stereocenters. The number of aryl methyl sites for hydroxylation is 1. The molecule has 0 saturated carbocycles. The maximum Gasteiger partial charge on any atom is 0.250 e. The first kappa shape index (κ1) is 23.7. The molecule has 0 radical (unpaired) electrons. The van der Waals surface area contributed by atoms with Crippen molar-refractivity contribution < 1.29 is 18.7 Å². The summed E-state index contributed by atoms with van der Waals surface area (Å²) in [6.45, 7) is 1.93. The molecule has 1 aromatic heterocycles. The standard InChI is InChI=1S/C23H20Cl2N2O4S/c1-13-4-5-14(10-16(13)24)19-8-6-15(31-19)7-9-22(28)27-23(32)26-18-12-20(29-2)17(25)11-21(18)30-3/h4-12H,1-3H3,(H2,26,27,28,32)/b9-7+. The van der Waals surface area contributed by atoms with Crippen LogP contribution in [0.1, 0.15) is 11.3 Å². The number of methoxy groups -OCH3 is 2. The summed E-state index contributed by atoms with van der Waals surface area (Å²) in [5, 5.41) is 6.58. The van der Waals surface area contributed by atoms with E-state index in [0.29, 0.717) is 38.8 Å². The fraction of sp³-hybridized carbons (Fsp3) is 0.130. The van der Waals surface area contributed by atoms with Gasteiger partial charge >= 0.3 is 0 Å². The summed E-state index contributed by atoms with van der Waals surface area (Å²) in [5.41, 5.74) is 2.33. The van der Waals surface area contributed by atoms with E-state index in [2.05, 4.69) is 10.6 Å². The summed E-state index contributed by atoms with van der Waals surface area (Å²) in [5.74, 6) is 1.61. The van der Waals surface area contributed by atoms with E-state index in [1.807, 2.05) is 31.2 Å². The number of rotatable bonds is 6. The minimum absolute atomic E-state index is 0.0803. The van der Waals surface area contributed by atoms with Gasteiger partial charge in [0.1, 0.15) is 23.0 Å². The number of benzene rings is 2. The van der Waals surface area contributed by atoms with Crippen molar-refractivity contribution >= 4 is 58.2 Å². The third-order valence-electron chi connectivity index (χ3n) is 4.44. The average Bonchev–Trinajstić information content (AvgIpc) is 3.24. The molecule has 6 nitrogen and oxygen atoms in total. The van der Waals surface area contributed by atoms with Crippen molar-refractivity contribution in [2.24, 2.45) is 0 Å². The molecule has 0 fully saturated rings. The molecule has 0 aliphatic carbocycles. The number of anilines is 1. The van der Waals surface area contributed by atoms with Gasteiger partial charge in [-0.3, -0.25) is 10.1 Å². The van der Waals surface area contributed by atoms with E-state index >= 15 is 0 Å². The molecule has 0 aliphatic heterocycles. The van der Waals surface area contributed by atoms with E-state index in [4.69, 9.17) is 49.3 Å². The Hall–Kier alpha value is -3.00. The van der Waals surface area contributed by atoms with Gasteiger partial charge in [0.2, 0.25) is 5.91 Å². The van der Waals surface area contributed by atoms with Gasteiger partial charge in [-0.25, -0.2) is 0 Å². The summed E-state index contributed by atoms with van der Waals surface area (Å²) in [7, 11) is 2.99. The van der Waals surface area contributed by atoms with Gasteiger partial charge in [0.05, 0.1) is 24.9 Å². The maximum absolute atomic E-state index is 12.2. The van der Waals surface area contributed by atoms with E-state index in [9.17, 15) is 4.79 Å². The SMILES string of the molecule is COc1cc(NC(=S)NC(=O)/C=C/c2ccc(-c3ccc(C)c(Cl)c3)o2)c(OC)cc1Cl. The van der Waals surface area contributed by atoms with Crippen LogP contribution >= 0.6 is 35.4 Å². The van der Waals surface area contributed by atoms with E-state index in [0.717, 1.165) is 11.1 Å². The summed E-state index contributed by atoms with van der Waals surface area (Å²) >= 11 is 17.5. The first-order valence-electron chi connectivity index (χ1n) is 9.38. The zero-order valence-corrected chi connectivity index (χ0v) is 19.8. The average molecular weight is 491 g/mol. The number of ether oxygens (including phenoxy) is 2. The van der Waals surface area contributed by atoms with Crippen molar-refractivity contribution in [1.29, 1.82) is 0 Å². The van der Waals surface area contributed by atoms with Crippen LogP contribution in [0.4, 0.5) is 5.69 Å². The molecule has 0 atom stereocenters. The smallest absolute Gasteiger partial charge is 0.250 e. The van der Waals surface area contributed by atoms with Crippen molar-refractivity contribution in [2.75, 3.05) is 19.5 Å². The van der Waals surface area contributed by atoms with Crippen LogP contribution in [-0.4, -0.2) is 25.2 Å². The van der Waals surface area contributed by atoms with Crippen molar-refractivity contribution in [1.82, 2.24) is 5.32 Å². The van der Waals surface area contributed by atoms with Gasteiger partial charge in [-0.1, -0.05) is 35.3 Å². The minimum atomic E-state index is -0.432. The second-order valence-electron chi connectivity index (χ2n) is 6.63. The lowest BCUT2D eigenvalue weighted by Gasteiger charge is -2.14. The predicted octanol–water partition coefficient (Wildman–Crippen LogP) is 6.11. The lowest BCUT2D eigenvalue weighted by atomic mass is 10.1. The molecule has 3 aromatic rings. The van der Waals surface area contributed by atoms with Crippen molar-refractivity contribution in [2.45, 2.75) is 6.92 Å². The Balaban J connectivity index is 1.63. The Labute approximate surface area is 201 Å². The number of carbonyl (C=O) groups is 1. The predicted molar refractivity (Wildman–Crippen MR) is 132 cm³/mol. The largest absolute Gasteiger partial charge is 0.495 e. The quantitative estimate of drug-likeness (QED) is 0.321. The highest BCUT2D eigenvalue weighted by atomic mass is 35.5. The molecule has 3 rings (SSSR count). The van der Waals surface area contributed by atoms with Gasteiger partial charge < -0.3 is 19.2 Å². The van der Waals surface area contributed by atoms with Gasteiger partial charge in [0.15, 0.2) is 5.11 Å². The molecule has 1 heterocycles. The molecule has 2 N–H and O–H groups in total. The van der Waals surface area contributed by atoms with Crippen LogP contribution in [0.3, 0.4) is 0 Å². The Morgan fingerprint density at radius 2 is 1.78 bits per heavy atom. The van der Waals surface area contributed by atoms with Crippen LogP contribution in [-0.2, 0) is 4.79 Å². The Morgan fingerprint density at radius 1 is 1.03 bits per heavy atom. The molecule has 2 aromatic carbocycles. The second-order valence-corrected chi connectivity index (χ2v) is 7.85. The molecule has 0 aliphatic rings. The van der Waals surface area contributed by atoms with E-state index in [-0.39, 0.29) is 5.11 Å². The van der Waals surface area contributed by atoms with E-state index < -0.39 is 5.91 Å². The zero-order valence-electron chi connectivity index (χ0n) is 17.5. The number of hydrogen-bond acceptors (Lipinski definition) is 5. The number of furan rings is 1. The third-order valence-corrected chi connectivity index (χ3v) is 5.35. The summed E-state index contributed by atoms with van der Waals surface area (Å²) in [6, 6.07) is 12.5. The van der Waals surface area contributed by atoms with Crippen LogP contribution in [0.2, 0.25) is 10.0 Å². The Morgan fingerprint density at radius 3 is 2.47 bits per heavy atom. The first-order valence-corrected chi connectivity index (χ1v) is 10.5. The normalized spacial score (nSPS) is 10.8. The number of nitrogens with one attached hydrogen (secondary N) is 2. The zero-order chi connectivity index (χ0) is 23.3. The number of amides is 1.